The first-order chi connectivity index (χ1) is 15.0. The summed E-state index contributed by atoms with van der Waals surface area (Å²) >= 11 is 1.72. The quantitative estimate of drug-likeness (QED) is 0.651. The number of ether oxygens (including phenoxy) is 1. The summed E-state index contributed by atoms with van der Waals surface area (Å²) in [5.74, 6) is 1.77. The molecule has 8 heteroatoms. The summed E-state index contributed by atoms with van der Waals surface area (Å²) in [4.78, 5) is 10.4. The van der Waals surface area contributed by atoms with Crippen LogP contribution >= 0.6 is 11.8 Å². The molecule has 0 aromatic heterocycles. The standard InChI is InChI=1S/C23H27N3O3S2/c1-3-17-30-22-21(18-9-11-19(29-2)12-10-18)24-23(25-22)13-15-26(16-14-23)31(27,28)20-7-5-4-6-8-20/h4-12H,3,13-17H2,1-2H3. The first-order valence-electron chi connectivity index (χ1n) is 10.5. The number of hydrogen-bond donors (Lipinski definition) is 0. The van der Waals surface area contributed by atoms with E-state index in [1.807, 2.05) is 30.3 Å². The molecule has 6 nitrogen and oxygen atoms in total. The van der Waals surface area contributed by atoms with Crippen LogP contribution in [0.2, 0.25) is 0 Å². The zero-order chi connectivity index (χ0) is 21.9. The van der Waals surface area contributed by atoms with Gasteiger partial charge in [-0.05, 0) is 48.6 Å². The Morgan fingerprint density at radius 3 is 2.32 bits per heavy atom. The topological polar surface area (TPSA) is 71.3 Å². The van der Waals surface area contributed by atoms with E-state index in [2.05, 4.69) is 6.92 Å². The van der Waals surface area contributed by atoms with Crippen LogP contribution in [0.3, 0.4) is 0 Å². The molecule has 2 aliphatic rings. The number of thioether (sulfide) groups is 1. The summed E-state index contributed by atoms with van der Waals surface area (Å²) in [6.45, 7) is 2.97. The minimum Gasteiger partial charge on any atom is -0.497 e. The van der Waals surface area contributed by atoms with Crippen molar-refractivity contribution < 1.29 is 13.2 Å². The van der Waals surface area contributed by atoms with Gasteiger partial charge in [0.2, 0.25) is 10.0 Å². The van der Waals surface area contributed by atoms with Gasteiger partial charge in [-0.15, -0.1) is 11.8 Å². The second-order valence-electron chi connectivity index (χ2n) is 7.65. The van der Waals surface area contributed by atoms with E-state index in [0.717, 1.165) is 34.2 Å². The molecule has 31 heavy (non-hydrogen) atoms. The lowest BCUT2D eigenvalue weighted by molar-refractivity contribution is 0.249. The fourth-order valence-corrected chi connectivity index (χ4v) is 6.20. The van der Waals surface area contributed by atoms with Crippen molar-refractivity contribution in [2.24, 2.45) is 9.98 Å². The van der Waals surface area contributed by atoms with Gasteiger partial charge in [0, 0.05) is 31.5 Å². The molecule has 0 saturated carbocycles. The maximum Gasteiger partial charge on any atom is 0.243 e. The first kappa shape index (κ1) is 22.0. The van der Waals surface area contributed by atoms with Crippen LogP contribution < -0.4 is 4.74 Å². The number of sulfonamides is 1. The SMILES string of the molecule is CCCSC1=NC2(CCN(S(=O)(=O)c3ccccc3)CC2)N=C1c1ccc(OC)cc1. The fraction of sp³-hybridized carbons (Fsp3) is 0.391. The van der Waals surface area contributed by atoms with Gasteiger partial charge in [-0.2, -0.15) is 4.31 Å². The molecule has 1 saturated heterocycles. The van der Waals surface area contributed by atoms with Crippen molar-refractivity contribution in [2.45, 2.75) is 36.7 Å². The Morgan fingerprint density at radius 2 is 1.71 bits per heavy atom. The Bertz CT molecular complexity index is 1070. The molecule has 4 rings (SSSR count). The summed E-state index contributed by atoms with van der Waals surface area (Å²) in [5, 5.41) is 0.950. The lowest BCUT2D eigenvalue weighted by Gasteiger charge is -2.34. The molecule has 2 heterocycles. The molecule has 0 aliphatic carbocycles. The van der Waals surface area contributed by atoms with E-state index >= 15 is 0 Å². The number of methoxy groups -OCH3 is 1. The van der Waals surface area contributed by atoms with E-state index in [9.17, 15) is 8.42 Å². The van der Waals surface area contributed by atoms with E-state index in [1.165, 1.54) is 0 Å². The molecule has 0 bridgehead atoms. The van der Waals surface area contributed by atoms with Crippen molar-refractivity contribution in [1.82, 2.24) is 4.31 Å². The van der Waals surface area contributed by atoms with Crippen molar-refractivity contribution in [2.75, 3.05) is 26.0 Å². The number of hydrogen-bond acceptors (Lipinski definition) is 6. The first-order valence-corrected chi connectivity index (χ1v) is 12.9. The largest absolute Gasteiger partial charge is 0.497 e. The van der Waals surface area contributed by atoms with Gasteiger partial charge in [0.05, 0.1) is 17.7 Å². The fourth-order valence-electron chi connectivity index (χ4n) is 3.81. The summed E-state index contributed by atoms with van der Waals surface area (Å²) in [6.07, 6.45) is 2.21. The maximum absolute atomic E-state index is 13.0. The monoisotopic (exact) mass is 457 g/mol. The van der Waals surface area contributed by atoms with Gasteiger partial charge in [-0.3, -0.25) is 4.99 Å². The number of rotatable bonds is 6. The summed E-state index contributed by atoms with van der Waals surface area (Å²) in [7, 11) is -1.84. The van der Waals surface area contributed by atoms with Crippen LogP contribution in [0.4, 0.5) is 0 Å². The Labute approximate surface area is 188 Å². The van der Waals surface area contributed by atoms with Crippen molar-refractivity contribution in [3.05, 3.63) is 60.2 Å². The number of aliphatic imine (C=N–C) groups is 2. The summed E-state index contributed by atoms with van der Waals surface area (Å²) < 4.78 is 32.8. The molecule has 0 radical (unpaired) electrons. The number of piperidine rings is 1. The molecule has 0 N–H and O–H groups in total. The Hall–Kier alpha value is -2.16. The van der Waals surface area contributed by atoms with E-state index in [1.54, 1.807) is 47.4 Å². The van der Waals surface area contributed by atoms with Gasteiger partial charge in [0.15, 0.2) is 5.66 Å². The molecule has 1 fully saturated rings. The van der Waals surface area contributed by atoms with Crippen molar-refractivity contribution in [1.29, 1.82) is 0 Å². The highest BCUT2D eigenvalue weighted by atomic mass is 32.2. The Kier molecular flexibility index (Phi) is 6.50. The van der Waals surface area contributed by atoms with E-state index in [0.29, 0.717) is 30.8 Å². The molecule has 2 aliphatic heterocycles. The van der Waals surface area contributed by atoms with Gasteiger partial charge < -0.3 is 4.74 Å². The molecule has 0 amide bonds. The predicted molar refractivity (Wildman–Crippen MR) is 127 cm³/mol. The third-order valence-corrected chi connectivity index (χ3v) is 8.63. The molecular weight excluding hydrogens is 430 g/mol. The second-order valence-corrected chi connectivity index (χ2v) is 10.7. The van der Waals surface area contributed by atoms with Gasteiger partial charge in [-0.1, -0.05) is 25.1 Å². The van der Waals surface area contributed by atoms with Crippen molar-refractivity contribution >= 4 is 32.5 Å². The van der Waals surface area contributed by atoms with Gasteiger partial charge in [0.25, 0.3) is 0 Å². The minimum atomic E-state index is -3.49. The van der Waals surface area contributed by atoms with Crippen LogP contribution in [0.1, 0.15) is 31.7 Å². The van der Waals surface area contributed by atoms with Crippen LogP contribution in [0.25, 0.3) is 0 Å². The Morgan fingerprint density at radius 1 is 1.03 bits per heavy atom. The molecular formula is C23H27N3O3S2. The van der Waals surface area contributed by atoms with Crippen LogP contribution in [0.15, 0.2) is 69.5 Å². The van der Waals surface area contributed by atoms with Gasteiger partial charge in [-0.25, -0.2) is 13.4 Å². The van der Waals surface area contributed by atoms with Crippen LogP contribution in [-0.2, 0) is 10.0 Å². The second kappa shape index (κ2) is 9.14. The Balaban J connectivity index is 1.57. The highest BCUT2D eigenvalue weighted by Gasteiger charge is 2.42. The molecule has 0 unspecified atom stereocenters. The highest BCUT2D eigenvalue weighted by molar-refractivity contribution is 8.15. The van der Waals surface area contributed by atoms with E-state index < -0.39 is 15.7 Å². The minimum absolute atomic E-state index is 0.336. The summed E-state index contributed by atoms with van der Waals surface area (Å²) in [6, 6.07) is 16.5. The van der Waals surface area contributed by atoms with Gasteiger partial charge >= 0.3 is 0 Å². The number of nitrogens with zero attached hydrogens (tertiary/aromatic N) is 3. The zero-order valence-corrected chi connectivity index (χ0v) is 19.5. The van der Waals surface area contributed by atoms with E-state index in [4.69, 9.17) is 14.7 Å². The highest BCUT2D eigenvalue weighted by Crippen LogP contribution is 2.37. The van der Waals surface area contributed by atoms with Crippen molar-refractivity contribution in [3.8, 4) is 5.75 Å². The molecule has 2 aromatic rings. The van der Waals surface area contributed by atoms with Crippen LogP contribution in [-0.4, -0.2) is 55.1 Å². The smallest absolute Gasteiger partial charge is 0.243 e. The molecule has 0 atom stereocenters. The third-order valence-electron chi connectivity index (χ3n) is 5.54. The molecule has 1 spiro atoms. The van der Waals surface area contributed by atoms with Gasteiger partial charge in [0.1, 0.15) is 10.8 Å². The summed E-state index contributed by atoms with van der Waals surface area (Å²) in [5.41, 5.74) is 1.34. The molecule has 2 aromatic carbocycles. The van der Waals surface area contributed by atoms with E-state index in [-0.39, 0.29) is 0 Å². The normalized spacial score (nSPS) is 18.6. The number of benzene rings is 2. The lowest BCUT2D eigenvalue weighted by Crippen LogP contribution is -2.44. The van der Waals surface area contributed by atoms with Crippen molar-refractivity contribution in [3.63, 3.8) is 0 Å². The zero-order valence-electron chi connectivity index (χ0n) is 17.8. The van der Waals surface area contributed by atoms with Crippen LogP contribution in [0, 0.1) is 0 Å². The molecule has 164 valence electrons. The van der Waals surface area contributed by atoms with Crippen LogP contribution in [0.5, 0.6) is 5.75 Å². The average molecular weight is 458 g/mol. The lowest BCUT2D eigenvalue weighted by atomic mass is 10.00. The predicted octanol–water partition coefficient (Wildman–Crippen LogP) is 4.22. The average Bonchev–Trinajstić information content (AvgIpc) is 3.16. The maximum atomic E-state index is 13.0. The third kappa shape index (κ3) is 4.56.